The average molecular weight is 390 g/mol. The van der Waals surface area contributed by atoms with Crippen LogP contribution in [0.3, 0.4) is 0 Å². The van der Waals surface area contributed by atoms with E-state index in [4.69, 9.17) is 4.74 Å². The van der Waals surface area contributed by atoms with E-state index in [0.717, 1.165) is 48.3 Å². The molecule has 0 amide bonds. The molecule has 0 aromatic heterocycles. The van der Waals surface area contributed by atoms with Crippen molar-refractivity contribution in [3.63, 3.8) is 0 Å². The maximum absolute atomic E-state index is 13.0. The van der Waals surface area contributed by atoms with Crippen LogP contribution >= 0.6 is 7.29 Å². The highest BCUT2D eigenvalue weighted by atomic mass is 31.2. The van der Waals surface area contributed by atoms with Crippen molar-refractivity contribution in [3.05, 3.63) is 60.2 Å². The zero-order chi connectivity index (χ0) is 19.8. The topological polar surface area (TPSA) is 38.3 Å². The third kappa shape index (κ3) is 6.49. The van der Waals surface area contributed by atoms with Crippen LogP contribution in [0.5, 0.6) is 5.75 Å². The molecular weight excluding hydrogens is 355 g/mol. The molecule has 0 aliphatic carbocycles. The number of aryl methyl sites for hydroxylation is 1. The van der Waals surface area contributed by atoms with Crippen molar-refractivity contribution in [2.75, 3.05) is 46.0 Å². The first-order valence-electron chi connectivity index (χ1n) is 9.83. The van der Waals surface area contributed by atoms with Crippen molar-refractivity contribution in [2.24, 2.45) is 0 Å². The van der Waals surface area contributed by atoms with Gasteiger partial charge in [0.15, 0.2) is 7.29 Å². The SMILES string of the molecule is CC[N+](CC)(CCNP(C)(=O)c1ccccc1)CCOc1cccc(C)c1. The minimum Gasteiger partial charge on any atom is -0.488 e. The van der Waals surface area contributed by atoms with Crippen molar-refractivity contribution in [1.29, 1.82) is 0 Å². The Morgan fingerprint density at radius 1 is 1.00 bits per heavy atom. The average Bonchev–Trinajstić information content (AvgIpc) is 2.67. The molecule has 0 bridgehead atoms. The van der Waals surface area contributed by atoms with E-state index in [2.05, 4.69) is 38.0 Å². The summed E-state index contributed by atoms with van der Waals surface area (Å²) in [6.45, 7) is 13.7. The highest BCUT2D eigenvalue weighted by Gasteiger charge is 2.25. The highest BCUT2D eigenvalue weighted by molar-refractivity contribution is 7.68. The summed E-state index contributed by atoms with van der Waals surface area (Å²) in [5.41, 5.74) is 1.21. The second-order valence-corrected chi connectivity index (χ2v) is 9.94. The lowest BCUT2D eigenvalue weighted by Gasteiger charge is -2.37. The van der Waals surface area contributed by atoms with Crippen LogP contribution in [-0.2, 0) is 4.57 Å². The number of hydrogen-bond donors (Lipinski definition) is 1. The lowest BCUT2D eigenvalue weighted by molar-refractivity contribution is -0.923. The fourth-order valence-corrected chi connectivity index (χ4v) is 4.78. The number of nitrogens with zero attached hydrogens (tertiary/aromatic N) is 1. The smallest absolute Gasteiger partial charge is 0.173 e. The Bertz CT molecular complexity index is 745. The molecule has 0 saturated heterocycles. The molecule has 0 radical (unpaired) electrons. The van der Waals surface area contributed by atoms with Crippen LogP contribution in [0.4, 0.5) is 0 Å². The number of hydrogen-bond acceptors (Lipinski definition) is 2. The molecule has 148 valence electrons. The van der Waals surface area contributed by atoms with Crippen LogP contribution in [0.2, 0.25) is 0 Å². The van der Waals surface area contributed by atoms with Gasteiger partial charge in [0.25, 0.3) is 0 Å². The monoisotopic (exact) mass is 389 g/mol. The van der Waals surface area contributed by atoms with E-state index in [0.29, 0.717) is 6.61 Å². The van der Waals surface area contributed by atoms with Gasteiger partial charge in [-0.3, -0.25) is 5.09 Å². The normalized spacial score (nSPS) is 13.9. The number of ether oxygens (including phenoxy) is 1. The molecule has 2 aromatic rings. The van der Waals surface area contributed by atoms with E-state index in [1.807, 2.05) is 49.1 Å². The standard InChI is InChI=1S/C22H34N2O2P/c1-5-24(6-2,17-18-26-21-12-10-11-20(3)19-21)16-15-23-27(4,25)22-13-8-7-9-14-22/h7-14,19H,5-6,15-18H2,1-4H3,(H,23,25)/q+1. The van der Waals surface area contributed by atoms with E-state index < -0.39 is 7.29 Å². The molecule has 1 N–H and O–H groups in total. The Labute approximate surface area is 164 Å². The number of rotatable bonds is 11. The molecule has 4 nitrogen and oxygen atoms in total. The van der Waals surface area contributed by atoms with E-state index >= 15 is 0 Å². The number of quaternary nitrogens is 1. The molecule has 1 unspecified atom stereocenters. The molecule has 5 heteroatoms. The first-order chi connectivity index (χ1) is 12.9. The summed E-state index contributed by atoms with van der Waals surface area (Å²) in [5.74, 6) is 0.931. The first kappa shape index (κ1) is 21.7. The fraction of sp³-hybridized carbons (Fsp3) is 0.455. The van der Waals surface area contributed by atoms with Gasteiger partial charge < -0.3 is 13.8 Å². The summed E-state index contributed by atoms with van der Waals surface area (Å²) < 4.78 is 19.9. The summed E-state index contributed by atoms with van der Waals surface area (Å²) in [5, 5.41) is 4.20. The maximum atomic E-state index is 13.0. The fourth-order valence-electron chi connectivity index (χ4n) is 3.33. The quantitative estimate of drug-likeness (QED) is 0.465. The molecule has 1 atom stereocenters. The number of nitrogens with one attached hydrogen (secondary N) is 1. The molecule has 0 aliphatic rings. The molecule has 0 heterocycles. The summed E-state index contributed by atoms with van der Waals surface area (Å²) in [7, 11) is -2.52. The Morgan fingerprint density at radius 2 is 1.70 bits per heavy atom. The maximum Gasteiger partial charge on any atom is 0.173 e. The van der Waals surface area contributed by atoms with Crippen LogP contribution in [0, 0.1) is 6.92 Å². The predicted molar refractivity (Wildman–Crippen MR) is 115 cm³/mol. The number of likely N-dealkylation sites (N-methyl/N-ethyl adjacent to an activating group) is 1. The van der Waals surface area contributed by atoms with Gasteiger partial charge in [0.05, 0.1) is 26.2 Å². The third-order valence-electron chi connectivity index (χ3n) is 5.41. The van der Waals surface area contributed by atoms with Crippen LogP contribution in [-0.4, -0.2) is 50.5 Å². The molecular formula is C22H34N2O2P+. The van der Waals surface area contributed by atoms with Gasteiger partial charge in [0.1, 0.15) is 18.9 Å². The van der Waals surface area contributed by atoms with Crippen molar-refractivity contribution >= 4 is 12.6 Å². The Balaban J connectivity index is 1.88. The van der Waals surface area contributed by atoms with Crippen molar-refractivity contribution < 1.29 is 13.8 Å². The zero-order valence-corrected chi connectivity index (χ0v) is 18.0. The first-order valence-corrected chi connectivity index (χ1v) is 12.0. The lowest BCUT2D eigenvalue weighted by Crippen LogP contribution is -2.53. The summed E-state index contributed by atoms with van der Waals surface area (Å²) in [6, 6.07) is 17.9. The van der Waals surface area contributed by atoms with Gasteiger partial charge in [-0.2, -0.15) is 0 Å². The Morgan fingerprint density at radius 3 is 2.33 bits per heavy atom. The molecule has 0 spiro atoms. The third-order valence-corrected chi connectivity index (χ3v) is 7.52. The Hall–Kier alpha value is -1.61. The minimum atomic E-state index is -2.52. The van der Waals surface area contributed by atoms with Crippen molar-refractivity contribution in [1.82, 2.24) is 5.09 Å². The molecule has 0 saturated carbocycles. The van der Waals surface area contributed by atoms with Crippen LogP contribution in [0.25, 0.3) is 0 Å². The number of benzene rings is 2. The highest BCUT2D eigenvalue weighted by Crippen LogP contribution is 2.34. The van der Waals surface area contributed by atoms with E-state index in [-0.39, 0.29) is 0 Å². The van der Waals surface area contributed by atoms with Crippen molar-refractivity contribution in [3.8, 4) is 5.75 Å². The van der Waals surface area contributed by atoms with Crippen LogP contribution in [0.1, 0.15) is 19.4 Å². The molecule has 0 aliphatic heterocycles. The van der Waals surface area contributed by atoms with Crippen LogP contribution in [0.15, 0.2) is 54.6 Å². The Kier molecular flexibility index (Phi) is 8.09. The molecule has 2 rings (SSSR count). The van der Waals surface area contributed by atoms with E-state index in [1.165, 1.54) is 5.56 Å². The van der Waals surface area contributed by atoms with Crippen LogP contribution < -0.4 is 15.1 Å². The van der Waals surface area contributed by atoms with Crippen molar-refractivity contribution in [2.45, 2.75) is 20.8 Å². The van der Waals surface area contributed by atoms with E-state index in [1.54, 1.807) is 0 Å². The summed E-state index contributed by atoms with van der Waals surface area (Å²) in [6.07, 6.45) is 0. The van der Waals surface area contributed by atoms with Gasteiger partial charge >= 0.3 is 0 Å². The molecule has 27 heavy (non-hydrogen) atoms. The van der Waals surface area contributed by atoms with Gasteiger partial charge in [0, 0.05) is 12.0 Å². The molecule has 0 fully saturated rings. The molecule has 2 aromatic carbocycles. The second-order valence-electron chi connectivity index (χ2n) is 7.25. The predicted octanol–water partition coefficient (Wildman–Crippen LogP) is 4.05. The van der Waals surface area contributed by atoms with Gasteiger partial charge in [-0.15, -0.1) is 0 Å². The van der Waals surface area contributed by atoms with E-state index in [9.17, 15) is 4.57 Å². The zero-order valence-electron chi connectivity index (χ0n) is 17.1. The van der Waals surface area contributed by atoms with Gasteiger partial charge in [-0.1, -0.05) is 42.5 Å². The minimum absolute atomic E-state index is 0.688. The van der Waals surface area contributed by atoms with Gasteiger partial charge in [0.2, 0.25) is 0 Å². The largest absolute Gasteiger partial charge is 0.488 e. The summed E-state index contributed by atoms with van der Waals surface area (Å²) in [4.78, 5) is 0. The summed E-state index contributed by atoms with van der Waals surface area (Å²) >= 11 is 0. The second kappa shape index (κ2) is 10.1. The van der Waals surface area contributed by atoms with Gasteiger partial charge in [-0.25, -0.2) is 0 Å². The van der Waals surface area contributed by atoms with Gasteiger partial charge in [-0.05, 0) is 38.5 Å². The lowest BCUT2D eigenvalue weighted by atomic mass is 10.2.